The van der Waals surface area contributed by atoms with Crippen molar-refractivity contribution in [3.63, 3.8) is 0 Å². The second-order valence-corrected chi connectivity index (χ2v) is 7.11. The van der Waals surface area contributed by atoms with Crippen molar-refractivity contribution in [2.75, 3.05) is 11.1 Å². The quantitative estimate of drug-likeness (QED) is 0.661. The first-order valence-electron chi connectivity index (χ1n) is 6.90. The molecule has 3 amide bonds. The molecule has 1 heterocycles. The number of hydrogen-bond acceptors (Lipinski definition) is 7. The number of carbonyl (C=O) groups is 2. The Bertz CT molecular complexity index is 504. The predicted octanol–water partition coefficient (Wildman–Crippen LogP) is 1.83. The van der Waals surface area contributed by atoms with Crippen LogP contribution in [0.5, 0.6) is 0 Å². The molecule has 0 radical (unpaired) electrons. The SMILES string of the molecule is CC[C@H](C)NC(=O)NC(=O)CSc1nnc(NC2CC2)s1. The summed E-state index contributed by atoms with van der Waals surface area (Å²) in [4.78, 5) is 23.1. The first-order chi connectivity index (χ1) is 10.1. The monoisotopic (exact) mass is 329 g/mol. The molecule has 9 heteroatoms. The normalized spacial score (nSPS) is 15.3. The van der Waals surface area contributed by atoms with Gasteiger partial charge in [0.05, 0.1) is 5.75 Å². The van der Waals surface area contributed by atoms with E-state index in [9.17, 15) is 9.59 Å². The Morgan fingerprint density at radius 3 is 2.86 bits per heavy atom. The van der Waals surface area contributed by atoms with Crippen molar-refractivity contribution in [1.82, 2.24) is 20.8 Å². The number of urea groups is 1. The van der Waals surface area contributed by atoms with Crippen LogP contribution in [-0.4, -0.2) is 40.0 Å². The van der Waals surface area contributed by atoms with Crippen LogP contribution in [-0.2, 0) is 4.79 Å². The fourth-order valence-electron chi connectivity index (χ4n) is 1.38. The molecule has 1 aliphatic rings. The lowest BCUT2D eigenvalue weighted by Crippen LogP contribution is -2.43. The highest BCUT2D eigenvalue weighted by Gasteiger charge is 2.22. The Morgan fingerprint density at radius 2 is 2.19 bits per heavy atom. The average molecular weight is 329 g/mol. The van der Waals surface area contributed by atoms with Crippen LogP contribution in [0.2, 0.25) is 0 Å². The van der Waals surface area contributed by atoms with Gasteiger partial charge in [-0.2, -0.15) is 0 Å². The zero-order valence-electron chi connectivity index (χ0n) is 12.0. The molecule has 1 fully saturated rings. The van der Waals surface area contributed by atoms with Crippen molar-refractivity contribution in [2.24, 2.45) is 0 Å². The van der Waals surface area contributed by atoms with Crippen molar-refractivity contribution in [3.8, 4) is 0 Å². The minimum atomic E-state index is -0.455. The number of carbonyl (C=O) groups excluding carboxylic acids is 2. The van der Waals surface area contributed by atoms with Gasteiger partial charge in [0.15, 0.2) is 4.34 Å². The van der Waals surface area contributed by atoms with Crippen LogP contribution < -0.4 is 16.0 Å². The van der Waals surface area contributed by atoms with E-state index in [1.807, 2.05) is 13.8 Å². The topological polar surface area (TPSA) is 96.0 Å². The first kappa shape index (κ1) is 16.0. The minimum absolute atomic E-state index is 0.0460. The van der Waals surface area contributed by atoms with Crippen LogP contribution in [0.4, 0.5) is 9.93 Å². The summed E-state index contributed by atoms with van der Waals surface area (Å²) < 4.78 is 0.718. The number of thioether (sulfide) groups is 1. The molecule has 21 heavy (non-hydrogen) atoms. The van der Waals surface area contributed by atoms with Gasteiger partial charge in [-0.05, 0) is 26.2 Å². The number of nitrogens with one attached hydrogen (secondary N) is 3. The molecule has 1 aliphatic carbocycles. The molecule has 0 spiro atoms. The van der Waals surface area contributed by atoms with Gasteiger partial charge in [0.25, 0.3) is 0 Å². The molecule has 7 nitrogen and oxygen atoms in total. The second-order valence-electron chi connectivity index (χ2n) is 4.91. The molecular formula is C12H19N5O2S2. The van der Waals surface area contributed by atoms with E-state index in [1.165, 1.54) is 35.9 Å². The van der Waals surface area contributed by atoms with Crippen molar-refractivity contribution in [3.05, 3.63) is 0 Å². The summed E-state index contributed by atoms with van der Waals surface area (Å²) in [6.07, 6.45) is 3.17. The highest BCUT2D eigenvalue weighted by molar-refractivity contribution is 8.01. The Balaban J connectivity index is 1.68. The third-order valence-electron chi connectivity index (χ3n) is 2.88. The van der Waals surface area contributed by atoms with Crippen LogP contribution in [0, 0.1) is 0 Å². The summed E-state index contributed by atoms with van der Waals surface area (Å²) in [5, 5.41) is 17.0. The molecule has 1 saturated carbocycles. The van der Waals surface area contributed by atoms with Crippen LogP contribution in [0.1, 0.15) is 33.1 Å². The number of hydrogen-bond donors (Lipinski definition) is 3. The lowest BCUT2D eigenvalue weighted by molar-refractivity contribution is -0.117. The molecule has 116 valence electrons. The van der Waals surface area contributed by atoms with Gasteiger partial charge in [0.2, 0.25) is 11.0 Å². The fraction of sp³-hybridized carbons (Fsp3) is 0.667. The molecule has 3 N–H and O–H groups in total. The third-order valence-corrected chi connectivity index (χ3v) is 4.87. The predicted molar refractivity (Wildman–Crippen MR) is 83.7 cm³/mol. The van der Waals surface area contributed by atoms with Gasteiger partial charge >= 0.3 is 6.03 Å². The molecule has 1 aromatic heterocycles. The Labute approximate surface area is 131 Å². The van der Waals surface area contributed by atoms with Crippen molar-refractivity contribution < 1.29 is 9.59 Å². The van der Waals surface area contributed by atoms with E-state index in [4.69, 9.17) is 0 Å². The lowest BCUT2D eigenvalue weighted by Gasteiger charge is -2.11. The highest BCUT2D eigenvalue weighted by atomic mass is 32.2. The fourth-order valence-corrected chi connectivity index (χ4v) is 3.01. The maximum atomic E-state index is 11.6. The highest BCUT2D eigenvalue weighted by Crippen LogP contribution is 2.29. The van der Waals surface area contributed by atoms with Gasteiger partial charge in [0, 0.05) is 12.1 Å². The van der Waals surface area contributed by atoms with Crippen molar-refractivity contribution in [1.29, 1.82) is 0 Å². The van der Waals surface area contributed by atoms with Crippen LogP contribution in [0.25, 0.3) is 0 Å². The van der Waals surface area contributed by atoms with E-state index in [0.29, 0.717) is 6.04 Å². The molecule has 1 atom stereocenters. The first-order valence-corrected chi connectivity index (χ1v) is 8.70. The van der Waals surface area contributed by atoms with Crippen LogP contribution >= 0.6 is 23.1 Å². The maximum absolute atomic E-state index is 11.6. The summed E-state index contributed by atoms with van der Waals surface area (Å²) >= 11 is 2.70. The molecule has 0 bridgehead atoms. The smallest absolute Gasteiger partial charge is 0.321 e. The van der Waals surface area contributed by atoms with Crippen LogP contribution in [0.3, 0.4) is 0 Å². The summed E-state index contributed by atoms with van der Waals surface area (Å²) in [6.45, 7) is 3.85. The van der Waals surface area contributed by atoms with E-state index >= 15 is 0 Å². The molecule has 0 aromatic carbocycles. The average Bonchev–Trinajstić information content (AvgIpc) is 3.13. The zero-order chi connectivity index (χ0) is 15.2. The molecular weight excluding hydrogens is 310 g/mol. The van der Waals surface area contributed by atoms with Gasteiger partial charge in [-0.1, -0.05) is 30.0 Å². The molecule has 0 aliphatic heterocycles. The van der Waals surface area contributed by atoms with Gasteiger partial charge < -0.3 is 10.6 Å². The molecule has 0 unspecified atom stereocenters. The number of imide groups is 1. The van der Waals surface area contributed by atoms with Crippen molar-refractivity contribution in [2.45, 2.75) is 49.5 Å². The third kappa shape index (κ3) is 5.88. The van der Waals surface area contributed by atoms with E-state index in [2.05, 4.69) is 26.1 Å². The van der Waals surface area contributed by atoms with E-state index < -0.39 is 6.03 Å². The number of aromatic nitrogens is 2. The molecule has 2 rings (SSSR count). The zero-order valence-corrected chi connectivity index (χ0v) is 13.6. The number of amides is 3. The van der Waals surface area contributed by atoms with Gasteiger partial charge in [-0.3, -0.25) is 10.1 Å². The Morgan fingerprint density at radius 1 is 1.43 bits per heavy atom. The number of nitrogens with zero attached hydrogens (tertiary/aromatic N) is 2. The molecule has 0 saturated heterocycles. The largest absolute Gasteiger partial charge is 0.357 e. The minimum Gasteiger partial charge on any atom is -0.357 e. The van der Waals surface area contributed by atoms with Gasteiger partial charge in [-0.25, -0.2) is 4.79 Å². The number of rotatable bonds is 7. The summed E-state index contributed by atoms with van der Waals surface area (Å²) in [5.74, 6) is -0.195. The van der Waals surface area contributed by atoms with Crippen molar-refractivity contribution >= 4 is 40.2 Å². The standard InChI is InChI=1S/C12H19N5O2S2/c1-3-7(2)13-10(19)15-9(18)6-20-12-17-16-11(21-12)14-8-4-5-8/h7-8H,3-6H2,1-2H3,(H,14,16)(H2,13,15,18,19)/t7-/m0/s1. The van der Waals surface area contributed by atoms with Gasteiger partial charge in [0.1, 0.15) is 0 Å². The van der Waals surface area contributed by atoms with E-state index in [0.717, 1.165) is 15.9 Å². The van der Waals surface area contributed by atoms with Gasteiger partial charge in [-0.15, -0.1) is 10.2 Å². The summed E-state index contributed by atoms with van der Waals surface area (Å²) in [5.41, 5.74) is 0. The number of anilines is 1. The Kier molecular flexibility index (Phi) is 5.80. The second kappa shape index (κ2) is 7.60. The van der Waals surface area contributed by atoms with Crippen LogP contribution in [0.15, 0.2) is 4.34 Å². The van der Waals surface area contributed by atoms with E-state index in [1.54, 1.807) is 0 Å². The Hall–Kier alpha value is -1.35. The summed E-state index contributed by atoms with van der Waals surface area (Å²) in [6, 6.07) is 0.122. The van der Waals surface area contributed by atoms with E-state index in [-0.39, 0.29) is 17.7 Å². The summed E-state index contributed by atoms with van der Waals surface area (Å²) in [7, 11) is 0. The lowest BCUT2D eigenvalue weighted by atomic mass is 10.3. The molecule has 1 aromatic rings. The maximum Gasteiger partial charge on any atom is 0.321 e.